The Hall–Kier alpha value is -2.32. The number of fused-ring (bicyclic) bond motifs is 1. The monoisotopic (exact) mass is 383 g/mol. The molecular formula is C18H24F3N5O. The molecule has 1 amide bonds. The van der Waals surface area contributed by atoms with Crippen molar-refractivity contribution in [1.29, 1.82) is 0 Å². The van der Waals surface area contributed by atoms with E-state index in [9.17, 15) is 18.0 Å². The molecule has 1 aliphatic rings. The summed E-state index contributed by atoms with van der Waals surface area (Å²) in [5.41, 5.74) is -0.950. The van der Waals surface area contributed by atoms with E-state index in [1.54, 1.807) is 6.07 Å². The Labute approximate surface area is 155 Å². The van der Waals surface area contributed by atoms with E-state index in [1.165, 1.54) is 15.5 Å². The Kier molecular flexibility index (Phi) is 5.57. The average Bonchev–Trinajstić information content (AvgIpc) is 3.14. The molecule has 27 heavy (non-hydrogen) atoms. The SMILES string of the molecule is CCCNc1ccc2nc(C(F)(F)F)c(CN3CC(CCC)CC3=O)n2n1. The molecule has 0 aliphatic carbocycles. The normalized spacial score (nSPS) is 17.9. The topological polar surface area (TPSA) is 62.5 Å². The van der Waals surface area contributed by atoms with Gasteiger partial charge in [0.2, 0.25) is 5.91 Å². The fourth-order valence-electron chi connectivity index (χ4n) is 3.48. The number of amides is 1. The number of hydrogen-bond acceptors (Lipinski definition) is 4. The molecule has 1 atom stereocenters. The van der Waals surface area contributed by atoms with Crippen LogP contribution in [0.1, 0.15) is 50.9 Å². The molecule has 2 aromatic rings. The van der Waals surface area contributed by atoms with E-state index in [1.807, 2.05) is 13.8 Å². The van der Waals surface area contributed by atoms with Gasteiger partial charge in [0.1, 0.15) is 5.82 Å². The van der Waals surface area contributed by atoms with Crippen LogP contribution < -0.4 is 5.32 Å². The van der Waals surface area contributed by atoms with Gasteiger partial charge < -0.3 is 10.2 Å². The van der Waals surface area contributed by atoms with Crippen molar-refractivity contribution < 1.29 is 18.0 Å². The van der Waals surface area contributed by atoms with Gasteiger partial charge in [0.05, 0.1) is 12.2 Å². The predicted octanol–water partition coefficient (Wildman–Crippen LogP) is 3.72. The number of nitrogens with one attached hydrogen (secondary N) is 1. The fraction of sp³-hybridized carbons (Fsp3) is 0.611. The molecule has 1 saturated heterocycles. The van der Waals surface area contributed by atoms with E-state index < -0.39 is 11.9 Å². The van der Waals surface area contributed by atoms with Crippen molar-refractivity contribution >= 4 is 17.4 Å². The zero-order valence-electron chi connectivity index (χ0n) is 15.5. The van der Waals surface area contributed by atoms with Gasteiger partial charge in [-0.2, -0.15) is 13.2 Å². The number of rotatable bonds is 7. The minimum atomic E-state index is -4.61. The highest BCUT2D eigenvalue weighted by atomic mass is 19.4. The average molecular weight is 383 g/mol. The maximum absolute atomic E-state index is 13.5. The molecule has 9 heteroatoms. The Morgan fingerprint density at radius 1 is 1.26 bits per heavy atom. The second-order valence-electron chi connectivity index (χ2n) is 6.95. The van der Waals surface area contributed by atoms with Crippen LogP contribution in [-0.4, -0.2) is 38.5 Å². The Bertz CT molecular complexity index is 817. The molecule has 1 N–H and O–H groups in total. The summed E-state index contributed by atoms with van der Waals surface area (Å²) in [5, 5.41) is 7.34. The van der Waals surface area contributed by atoms with E-state index >= 15 is 0 Å². The van der Waals surface area contributed by atoms with Gasteiger partial charge in [-0.1, -0.05) is 20.3 Å². The quantitative estimate of drug-likeness (QED) is 0.792. The van der Waals surface area contributed by atoms with Crippen molar-refractivity contribution in [3.63, 3.8) is 0 Å². The number of halogens is 3. The van der Waals surface area contributed by atoms with E-state index in [4.69, 9.17) is 0 Å². The van der Waals surface area contributed by atoms with Crippen LogP contribution in [0.2, 0.25) is 0 Å². The smallest absolute Gasteiger partial charge is 0.369 e. The van der Waals surface area contributed by atoms with Crippen LogP contribution in [0.15, 0.2) is 12.1 Å². The van der Waals surface area contributed by atoms with Gasteiger partial charge in [0, 0.05) is 19.5 Å². The van der Waals surface area contributed by atoms with Gasteiger partial charge in [0.15, 0.2) is 11.3 Å². The summed E-state index contributed by atoms with van der Waals surface area (Å²) in [6.45, 7) is 5.03. The third-order valence-electron chi connectivity index (χ3n) is 4.73. The standard InChI is InChI=1S/C18H24F3N5O/c1-3-5-12-9-16(27)25(10-12)11-13-17(18(19,20)21)23-15-7-6-14(22-8-4-2)24-26(13)15/h6-7,12H,3-5,8-11H2,1-2H3,(H,22,24). The summed E-state index contributed by atoms with van der Waals surface area (Å²) in [6.07, 6.45) is -1.51. The summed E-state index contributed by atoms with van der Waals surface area (Å²) in [6, 6.07) is 3.12. The summed E-state index contributed by atoms with van der Waals surface area (Å²) in [5.74, 6) is 0.566. The van der Waals surface area contributed by atoms with Crippen LogP contribution in [0.25, 0.3) is 5.65 Å². The fourth-order valence-corrected chi connectivity index (χ4v) is 3.48. The van der Waals surface area contributed by atoms with E-state index in [-0.39, 0.29) is 29.7 Å². The molecular weight excluding hydrogens is 359 g/mol. The maximum Gasteiger partial charge on any atom is 0.435 e. The van der Waals surface area contributed by atoms with Crippen molar-refractivity contribution in [3.05, 3.63) is 23.5 Å². The second-order valence-corrected chi connectivity index (χ2v) is 6.95. The Morgan fingerprint density at radius 3 is 2.70 bits per heavy atom. The Morgan fingerprint density at radius 2 is 2.04 bits per heavy atom. The van der Waals surface area contributed by atoms with Gasteiger partial charge in [-0.15, -0.1) is 5.10 Å². The van der Waals surface area contributed by atoms with Crippen molar-refractivity contribution in [2.24, 2.45) is 5.92 Å². The number of likely N-dealkylation sites (tertiary alicyclic amines) is 1. The lowest BCUT2D eigenvalue weighted by molar-refractivity contribution is -0.142. The van der Waals surface area contributed by atoms with Gasteiger partial charge in [-0.3, -0.25) is 4.79 Å². The summed E-state index contributed by atoms with van der Waals surface area (Å²) >= 11 is 0. The lowest BCUT2D eigenvalue weighted by Gasteiger charge is -2.18. The molecule has 3 heterocycles. The highest BCUT2D eigenvalue weighted by molar-refractivity contribution is 5.78. The number of carbonyl (C=O) groups excluding carboxylic acids is 1. The van der Waals surface area contributed by atoms with Crippen LogP contribution in [0.4, 0.5) is 19.0 Å². The van der Waals surface area contributed by atoms with Crippen LogP contribution in [0.5, 0.6) is 0 Å². The molecule has 1 unspecified atom stereocenters. The number of anilines is 1. The number of alkyl halides is 3. The number of nitrogens with zero attached hydrogens (tertiary/aromatic N) is 4. The summed E-state index contributed by atoms with van der Waals surface area (Å²) < 4.78 is 41.8. The lowest BCUT2D eigenvalue weighted by Crippen LogP contribution is -2.27. The summed E-state index contributed by atoms with van der Waals surface area (Å²) in [4.78, 5) is 17.5. The summed E-state index contributed by atoms with van der Waals surface area (Å²) in [7, 11) is 0. The second kappa shape index (κ2) is 7.74. The molecule has 0 saturated carbocycles. The molecule has 0 radical (unpaired) electrons. The first kappa shape index (κ1) is 19.4. The molecule has 2 aromatic heterocycles. The molecule has 6 nitrogen and oxygen atoms in total. The largest absolute Gasteiger partial charge is 0.435 e. The third-order valence-corrected chi connectivity index (χ3v) is 4.73. The number of imidazole rings is 1. The first-order chi connectivity index (χ1) is 12.8. The molecule has 0 spiro atoms. The zero-order valence-corrected chi connectivity index (χ0v) is 15.5. The van der Waals surface area contributed by atoms with Gasteiger partial charge >= 0.3 is 6.18 Å². The maximum atomic E-state index is 13.5. The van der Waals surface area contributed by atoms with Crippen LogP contribution >= 0.6 is 0 Å². The lowest BCUT2D eigenvalue weighted by atomic mass is 10.0. The predicted molar refractivity (Wildman–Crippen MR) is 95.2 cm³/mol. The van der Waals surface area contributed by atoms with Gasteiger partial charge in [-0.25, -0.2) is 9.50 Å². The van der Waals surface area contributed by atoms with Crippen molar-refractivity contribution in [2.45, 2.75) is 52.3 Å². The number of carbonyl (C=O) groups is 1. The minimum absolute atomic E-state index is 0.0943. The zero-order chi connectivity index (χ0) is 19.6. The van der Waals surface area contributed by atoms with Gasteiger partial charge in [-0.05, 0) is 30.9 Å². The highest BCUT2D eigenvalue weighted by Crippen LogP contribution is 2.33. The van der Waals surface area contributed by atoms with Crippen LogP contribution in [0.3, 0.4) is 0 Å². The third kappa shape index (κ3) is 4.17. The van der Waals surface area contributed by atoms with E-state index in [2.05, 4.69) is 15.4 Å². The molecule has 1 fully saturated rings. The van der Waals surface area contributed by atoms with Crippen molar-refractivity contribution in [2.75, 3.05) is 18.4 Å². The molecule has 0 aromatic carbocycles. The Balaban J connectivity index is 1.96. The number of aromatic nitrogens is 3. The first-order valence-corrected chi connectivity index (χ1v) is 9.31. The molecule has 0 bridgehead atoms. The first-order valence-electron chi connectivity index (χ1n) is 9.31. The minimum Gasteiger partial charge on any atom is -0.369 e. The number of hydrogen-bond donors (Lipinski definition) is 1. The van der Waals surface area contributed by atoms with E-state index in [0.717, 1.165) is 19.3 Å². The van der Waals surface area contributed by atoms with E-state index in [0.29, 0.717) is 25.3 Å². The van der Waals surface area contributed by atoms with Crippen molar-refractivity contribution in [3.8, 4) is 0 Å². The van der Waals surface area contributed by atoms with Crippen LogP contribution in [-0.2, 0) is 17.5 Å². The molecule has 1 aliphatic heterocycles. The van der Waals surface area contributed by atoms with Crippen LogP contribution in [0, 0.1) is 5.92 Å². The highest BCUT2D eigenvalue weighted by Gasteiger charge is 2.40. The van der Waals surface area contributed by atoms with Crippen molar-refractivity contribution in [1.82, 2.24) is 19.5 Å². The molecule has 148 valence electrons. The van der Waals surface area contributed by atoms with Gasteiger partial charge in [0.25, 0.3) is 0 Å². The molecule has 3 rings (SSSR count).